The number of Topliss-reactive ketones (excluding diaryl/α,β-unsaturated/α-hetero) is 2. The normalized spacial score (nSPS) is 12.0. The summed E-state index contributed by atoms with van der Waals surface area (Å²) in [4.78, 5) is 34.6. The topological polar surface area (TPSA) is 60.4 Å². The van der Waals surface area contributed by atoms with E-state index in [1.54, 1.807) is 0 Å². The molecule has 0 rings (SSSR count). The van der Waals surface area contributed by atoms with E-state index in [2.05, 4.69) is 11.7 Å². The van der Waals surface area contributed by atoms with Crippen LogP contribution in [0.5, 0.6) is 0 Å². The Labute approximate surface area is 128 Å². The Morgan fingerprint density at radius 2 is 1.33 bits per heavy atom. The molecule has 4 heteroatoms. The number of unbranched alkanes of at least 4 members (excludes halogenated alkanes) is 8. The molecule has 0 fully saturated rings. The molecule has 0 aromatic heterocycles. The third-order valence-electron chi connectivity index (χ3n) is 3.69. The van der Waals surface area contributed by atoms with E-state index in [4.69, 9.17) is 0 Å². The minimum Gasteiger partial charge on any atom is -0.468 e. The number of methoxy groups -OCH3 is 1. The summed E-state index contributed by atoms with van der Waals surface area (Å²) < 4.78 is 4.51. The Morgan fingerprint density at radius 3 is 1.76 bits per heavy atom. The van der Waals surface area contributed by atoms with Gasteiger partial charge >= 0.3 is 5.97 Å². The maximum absolute atomic E-state index is 11.9. The van der Waals surface area contributed by atoms with Gasteiger partial charge in [0.2, 0.25) is 0 Å². The van der Waals surface area contributed by atoms with Gasteiger partial charge in [0.1, 0.15) is 0 Å². The van der Waals surface area contributed by atoms with Crippen LogP contribution >= 0.6 is 0 Å². The predicted octanol–water partition coefficient (Wildman–Crippen LogP) is 3.85. The molecule has 0 aliphatic carbocycles. The molecule has 122 valence electrons. The first-order valence-corrected chi connectivity index (χ1v) is 8.15. The second-order valence-electron chi connectivity index (χ2n) is 5.61. The highest BCUT2D eigenvalue weighted by atomic mass is 16.5. The monoisotopic (exact) mass is 298 g/mol. The summed E-state index contributed by atoms with van der Waals surface area (Å²) in [6.07, 6.45) is 10.8. The van der Waals surface area contributed by atoms with Gasteiger partial charge in [-0.1, -0.05) is 58.3 Å². The van der Waals surface area contributed by atoms with E-state index in [0.717, 1.165) is 19.3 Å². The summed E-state index contributed by atoms with van der Waals surface area (Å²) in [5, 5.41) is 0. The Hall–Kier alpha value is -1.19. The van der Waals surface area contributed by atoms with Crippen molar-refractivity contribution in [2.45, 2.75) is 78.1 Å². The molecule has 1 unspecified atom stereocenters. The molecule has 0 amide bonds. The number of esters is 1. The van der Waals surface area contributed by atoms with Gasteiger partial charge < -0.3 is 4.74 Å². The zero-order chi connectivity index (χ0) is 16.1. The molecule has 0 aliphatic rings. The summed E-state index contributed by atoms with van der Waals surface area (Å²) in [6, 6.07) is 0. The van der Waals surface area contributed by atoms with Crippen LogP contribution in [0.2, 0.25) is 0 Å². The van der Waals surface area contributed by atoms with Gasteiger partial charge in [-0.15, -0.1) is 0 Å². The molecule has 0 aromatic rings. The van der Waals surface area contributed by atoms with Crippen LogP contribution in [0.25, 0.3) is 0 Å². The van der Waals surface area contributed by atoms with Gasteiger partial charge in [0.15, 0.2) is 17.5 Å². The lowest BCUT2D eigenvalue weighted by Gasteiger charge is -2.10. The van der Waals surface area contributed by atoms with Crippen LogP contribution in [-0.4, -0.2) is 24.6 Å². The minimum absolute atomic E-state index is 0.287. The summed E-state index contributed by atoms with van der Waals surface area (Å²) in [5.74, 6) is -2.69. The molecule has 0 radical (unpaired) electrons. The molecule has 0 saturated carbocycles. The van der Waals surface area contributed by atoms with E-state index >= 15 is 0 Å². The molecular formula is C17H30O4. The first-order valence-electron chi connectivity index (χ1n) is 8.15. The third-order valence-corrected chi connectivity index (χ3v) is 3.69. The summed E-state index contributed by atoms with van der Waals surface area (Å²) in [7, 11) is 1.20. The first-order chi connectivity index (χ1) is 10.0. The summed E-state index contributed by atoms with van der Waals surface area (Å²) >= 11 is 0. The zero-order valence-electron chi connectivity index (χ0n) is 13.8. The molecule has 1 atom stereocenters. The predicted molar refractivity (Wildman–Crippen MR) is 83.0 cm³/mol. The molecule has 0 saturated heterocycles. The van der Waals surface area contributed by atoms with E-state index in [9.17, 15) is 14.4 Å². The number of carbonyl (C=O) groups excluding carboxylic acids is 3. The molecule has 21 heavy (non-hydrogen) atoms. The number of carbonyl (C=O) groups is 3. The maximum Gasteiger partial charge on any atom is 0.323 e. The van der Waals surface area contributed by atoms with Crippen molar-refractivity contribution in [3.05, 3.63) is 0 Å². The molecule has 0 aromatic carbocycles. The number of rotatable bonds is 13. The second kappa shape index (κ2) is 12.5. The maximum atomic E-state index is 11.9. The largest absolute Gasteiger partial charge is 0.468 e. The lowest BCUT2D eigenvalue weighted by molar-refractivity contribution is -0.152. The van der Waals surface area contributed by atoms with Crippen molar-refractivity contribution in [2.75, 3.05) is 7.11 Å². The number of ether oxygens (including phenoxy) is 1. The molecule has 0 heterocycles. The number of hydrogen-bond acceptors (Lipinski definition) is 4. The molecular weight excluding hydrogens is 268 g/mol. The fourth-order valence-electron chi connectivity index (χ4n) is 2.40. The Morgan fingerprint density at radius 1 is 0.857 bits per heavy atom. The van der Waals surface area contributed by atoms with Crippen molar-refractivity contribution >= 4 is 17.5 Å². The van der Waals surface area contributed by atoms with Gasteiger partial charge in [0.05, 0.1) is 7.11 Å². The van der Waals surface area contributed by atoms with Gasteiger partial charge in [0, 0.05) is 6.42 Å². The molecule has 0 spiro atoms. The van der Waals surface area contributed by atoms with Crippen molar-refractivity contribution in [1.29, 1.82) is 0 Å². The van der Waals surface area contributed by atoms with Crippen LogP contribution in [0.1, 0.15) is 78.1 Å². The van der Waals surface area contributed by atoms with Crippen LogP contribution in [0, 0.1) is 5.92 Å². The lowest BCUT2D eigenvalue weighted by Crippen LogP contribution is -2.31. The van der Waals surface area contributed by atoms with Crippen LogP contribution < -0.4 is 0 Å². The van der Waals surface area contributed by atoms with Gasteiger partial charge in [-0.25, -0.2) is 0 Å². The molecule has 4 nitrogen and oxygen atoms in total. The van der Waals surface area contributed by atoms with Crippen molar-refractivity contribution in [1.82, 2.24) is 0 Å². The fraction of sp³-hybridized carbons (Fsp3) is 0.824. The van der Waals surface area contributed by atoms with Crippen LogP contribution in [0.15, 0.2) is 0 Å². The SMILES string of the molecule is CCCCCCCCCCCC(=O)C(C(C)=O)C(=O)OC. The van der Waals surface area contributed by atoms with E-state index in [1.165, 1.54) is 52.6 Å². The van der Waals surface area contributed by atoms with E-state index in [0.29, 0.717) is 0 Å². The average molecular weight is 298 g/mol. The van der Waals surface area contributed by atoms with Gasteiger partial charge in [-0.3, -0.25) is 14.4 Å². The highest BCUT2D eigenvalue weighted by molar-refractivity contribution is 6.16. The van der Waals surface area contributed by atoms with Crippen LogP contribution in [0.3, 0.4) is 0 Å². The average Bonchev–Trinajstić information content (AvgIpc) is 2.45. The smallest absolute Gasteiger partial charge is 0.323 e. The lowest BCUT2D eigenvalue weighted by atomic mass is 9.95. The van der Waals surface area contributed by atoms with Crippen molar-refractivity contribution in [3.8, 4) is 0 Å². The minimum atomic E-state index is -1.22. The summed E-state index contributed by atoms with van der Waals surface area (Å²) in [6.45, 7) is 3.47. The highest BCUT2D eigenvalue weighted by Gasteiger charge is 2.31. The van der Waals surface area contributed by atoms with Crippen LogP contribution in [-0.2, 0) is 19.1 Å². The van der Waals surface area contributed by atoms with Gasteiger partial charge in [0.25, 0.3) is 0 Å². The van der Waals surface area contributed by atoms with E-state index < -0.39 is 17.7 Å². The van der Waals surface area contributed by atoms with Gasteiger partial charge in [-0.2, -0.15) is 0 Å². The van der Waals surface area contributed by atoms with Gasteiger partial charge in [-0.05, 0) is 13.3 Å². The Bertz CT molecular complexity index is 323. The van der Waals surface area contributed by atoms with Crippen molar-refractivity contribution < 1.29 is 19.1 Å². The third kappa shape index (κ3) is 9.38. The van der Waals surface area contributed by atoms with E-state index in [1.807, 2.05) is 0 Å². The molecule has 0 N–H and O–H groups in total. The number of hydrogen-bond donors (Lipinski definition) is 0. The quantitative estimate of drug-likeness (QED) is 0.294. The van der Waals surface area contributed by atoms with Crippen LogP contribution in [0.4, 0.5) is 0 Å². The van der Waals surface area contributed by atoms with E-state index in [-0.39, 0.29) is 12.2 Å². The highest BCUT2D eigenvalue weighted by Crippen LogP contribution is 2.13. The Balaban J connectivity index is 3.73. The zero-order valence-corrected chi connectivity index (χ0v) is 13.8. The first kappa shape index (κ1) is 19.8. The Kier molecular flexibility index (Phi) is 11.8. The molecule has 0 aliphatic heterocycles. The fourth-order valence-corrected chi connectivity index (χ4v) is 2.40. The standard InChI is InChI=1S/C17H30O4/c1-4-5-6-7-8-9-10-11-12-13-15(19)16(14(2)18)17(20)21-3/h16H,4-13H2,1-3H3. The number of ketones is 2. The molecule has 0 bridgehead atoms. The summed E-state index contributed by atoms with van der Waals surface area (Å²) in [5.41, 5.74) is 0. The van der Waals surface area contributed by atoms with Crippen molar-refractivity contribution in [3.63, 3.8) is 0 Å². The van der Waals surface area contributed by atoms with Crippen molar-refractivity contribution in [2.24, 2.45) is 5.92 Å². The second-order valence-corrected chi connectivity index (χ2v) is 5.61.